The molecule has 0 saturated carbocycles. The highest BCUT2D eigenvalue weighted by atomic mass is 32.1. The lowest BCUT2D eigenvalue weighted by Crippen LogP contribution is -2.19. The molecule has 1 heterocycles. The number of nitro benzene ring substituents is 1. The van der Waals surface area contributed by atoms with Crippen LogP contribution < -0.4 is 5.43 Å². The Hall–Kier alpha value is -3.66. The number of aromatic nitrogens is 1. The Kier molecular flexibility index (Phi) is 5.70. The molecule has 0 aliphatic rings. The zero-order valence-corrected chi connectivity index (χ0v) is 15.0. The predicted molar refractivity (Wildman–Crippen MR) is 102 cm³/mol. The molecule has 0 bridgehead atoms. The van der Waals surface area contributed by atoms with Crippen molar-refractivity contribution in [1.82, 2.24) is 10.4 Å². The number of phenolic OH excluding ortho intramolecular Hbond substituents is 1. The number of phenols is 1. The van der Waals surface area contributed by atoms with Gasteiger partial charge in [-0.15, -0.1) is 11.3 Å². The van der Waals surface area contributed by atoms with Crippen LogP contribution in [-0.4, -0.2) is 27.1 Å². The van der Waals surface area contributed by atoms with E-state index in [9.17, 15) is 24.4 Å². The van der Waals surface area contributed by atoms with Crippen molar-refractivity contribution >= 4 is 29.1 Å². The van der Waals surface area contributed by atoms with Gasteiger partial charge in [0.05, 0.1) is 23.3 Å². The molecule has 1 aromatic heterocycles. The molecule has 142 valence electrons. The first-order valence-electron chi connectivity index (χ1n) is 7.92. The van der Waals surface area contributed by atoms with Crippen LogP contribution in [0.15, 0.2) is 52.9 Å². The van der Waals surface area contributed by atoms with Gasteiger partial charge < -0.3 is 5.11 Å². The van der Waals surface area contributed by atoms with E-state index in [1.54, 1.807) is 17.5 Å². The first kappa shape index (κ1) is 19.1. The molecule has 0 aliphatic carbocycles. The fourth-order valence-corrected chi connectivity index (χ4v) is 3.09. The van der Waals surface area contributed by atoms with Crippen molar-refractivity contribution in [3.8, 4) is 16.3 Å². The number of hydrazone groups is 1. The molecule has 8 nitrogen and oxygen atoms in total. The number of aromatic hydroxyl groups is 1. The van der Waals surface area contributed by atoms with E-state index in [0.717, 1.165) is 11.6 Å². The first-order chi connectivity index (χ1) is 13.4. The van der Waals surface area contributed by atoms with Crippen molar-refractivity contribution in [3.05, 3.63) is 75.0 Å². The van der Waals surface area contributed by atoms with Crippen LogP contribution in [0.25, 0.3) is 10.6 Å². The minimum absolute atomic E-state index is 0.00917. The molecule has 2 N–H and O–H groups in total. The maximum atomic E-state index is 13.0. The Labute approximate surface area is 162 Å². The highest BCUT2D eigenvalue weighted by Crippen LogP contribution is 2.26. The summed E-state index contributed by atoms with van der Waals surface area (Å²) < 4.78 is 13.0. The summed E-state index contributed by atoms with van der Waals surface area (Å²) in [5, 5.41) is 26.3. The van der Waals surface area contributed by atoms with Crippen LogP contribution in [0.1, 0.15) is 11.3 Å². The Morgan fingerprint density at radius 3 is 2.79 bits per heavy atom. The van der Waals surface area contributed by atoms with Crippen LogP contribution in [0.3, 0.4) is 0 Å². The third-order valence-corrected chi connectivity index (χ3v) is 4.52. The largest absolute Gasteiger partial charge is 0.502 e. The van der Waals surface area contributed by atoms with Crippen LogP contribution in [0.4, 0.5) is 10.1 Å². The van der Waals surface area contributed by atoms with E-state index < -0.39 is 22.3 Å². The summed E-state index contributed by atoms with van der Waals surface area (Å²) in [7, 11) is 0. The fourth-order valence-electron chi connectivity index (χ4n) is 2.26. The number of thiazole rings is 1. The second-order valence-electron chi connectivity index (χ2n) is 5.63. The number of hydrogen-bond acceptors (Lipinski definition) is 7. The Morgan fingerprint density at radius 2 is 2.07 bits per heavy atom. The average molecular weight is 400 g/mol. The minimum Gasteiger partial charge on any atom is -0.502 e. The van der Waals surface area contributed by atoms with Crippen LogP contribution in [-0.2, 0) is 11.2 Å². The van der Waals surface area contributed by atoms with Gasteiger partial charge in [-0.25, -0.2) is 14.8 Å². The number of amides is 1. The molecular formula is C18H13FN4O4S. The molecule has 0 unspecified atom stereocenters. The molecule has 3 aromatic rings. The molecule has 2 aromatic carbocycles. The lowest BCUT2D eigenvalue weighted by atomic mass is 10.2. The van der Waals surface area contributed by atoms with Crippen molar-refractivity contribution < 1.29 is 19.2 Å². The van der Waals surface area contributed by atoms with Gasteiger partial charge in [-0.2, -0.15) is 5.10 Å². The molecule has 0 radical (unpaired) electrons. The van der Waals surface area contributed by atoms with Gasteiger partial charge in [-0.1, -0.05) is 0 Å². The number of nitrogens with zero attached hydrogens (tertiary/aromatic N) is 3. The van der Waals surface area contributed by atoms with Crippen molar-refractivity contribution in [1.29, 1.82) is 0 Å². The Morgan fingerprint density at radius 1 is 1.32 bits per heavy atom. The smallest absolute Gasteiger partial charge is 0.311 e. The second-order valence-corrected chi connectivity index (χ2v) is 6.48. The summed E-state index contributed by atoms with van der Waals surface area (Å²) in [5.74, 6) is -1.20. The number of benzene rings is 2. The number of carbonyl (C=O) groups excluding carboxylic acids is 1. The monoisotopic (exact) mass is 400 g/mol. The van der Waals surface area contributed by atoms with E-state index in [1.165, 1.54) is 41.8 Å². The molecule has 0 fully saturated rings. The van der Waals surface area contributed by atoms with Gasteiger partial charge in [-0.05, 0) is 36.4 Å². The SMILES string of the molecule is O=C(Cc1csc(-c2ccc(F)cc2)n1)N/N=C/c1ccc(O)c([N+](=O)[O-])c1. The second kappa shape index (κ2) is 8.35. The maximum absolute atomic E-state index is 13.0. The molecule has 0 saturated heterocycles. The van der Waals surface area contributed by atoms with E-state index >= 15 is 0 Å². The maximum Gasteiger partial charge on any atom is 0.311 e. The molecule has 10 heteroatoms. The van der Waals surface area contributed by atoms with E-state index in [2.05, 4.69) is 15.5 Å². The first-order valence-corrected chi connectivity index (χ1v) is 8.80. The molecule has 0 atom stereocenters. The summed E-state index contributed by atoms with van der Waals surface area (Å²) in [6.45, 7) is 0. The number of halogens is 1. The number of hydrogen-bond donors (Lipinski definition) is 2. The summed E-state index contributed by atoms with van der Waals surface area (Å²) in [6.07, 6.45) is 1.22. The van der Waals surface area contributed by atoms with Gasteiger partial charge in [0.2, 0.25) is 5.91 Å². The van der Waals surface area contributed by atoms with Gasteiger partial charge in [0, 0.05) is 22.6 Å². The predicted octanol–water partition coefficient (Wildman–Crippen LogP) is 3.26. The average Bonchev–Trinajstić information content (AvgIpc) is 3.11. The summed E-state index contributed by atoms with van der Waals surface area (Å²) in [6, 6.07) is 9.64. The lowest BCUT2D eigenvalue weighted by molar-refractivity contribution is -0.385. The minimum atomic E-state index is -0.716. The van der Waals surface area contributed by atoms with Gasteiger partial charge in [0.1, 0.15) is 10.8 Å². The van der Waals surface area contributed by atoms with Crippen molar-refractivity contribution in [3.63, 3.8) is 0 Å². The Balaban J connectivity index is 1.59. The van der Waals surface area contributed by atoms with Crippen LogP contribution >= 0.6 is 11.3 Å². The van der Waals surface area contributed by atoms with Crippen molar-refractivity contribution in [2.45, 2.75) is 6.42 Å². The number of rotatable bonds is 6. The summed E-state index contributed by atoms with van der Waals surface area (Å²) >= 11 is 1.34. The zero-order chi connectivity index (χ0) is 20.1. The van der Waals surface area contributed by atoms with Crippen LogP contribution in [0, 0.1) is 15.9 Å². The highest BCUT2D eigenvalue weighted by Gasteiger charge is 2.13. The normalized spacial score (nSPS) is 10.9. The highest BCUT2D eigenvalue weighted by molar-refractivity contribution is 7.13. The van der Waals surface area contributed by atoms with Gasteiger partial charge >= 0.3 is 5.69 Å². The third-order valence-electron chi connectivity index (χ3n) is 3.58. The Bertz CT molecular complexity index is 1050. The topological polar surface area (TPSA) is 118 Å². The van der Waals surface area contributed by atoms with Crippen LogP contribution in [0.5, 0.6) is 5.75 Å². The quantitative estimate of drug-likeness (QED) is 0.374. The molecule has 0 aliphatic heterocycles. The van der Waals surface area contributed by atoms with Crippen LogP contribution in [0.2, 0.25) is 0 Å². The molecule has 1 amide bonds. The number of nitrogens with one attached hydrogen (secondary N) is 1. The van der Waals surface area contributed by atoms with Crippen molar-refractivity contribution in [2.75, 3.05) is 0 Å². The van der Waals surface area contributed by atoms with Crippen molar-refractivity contribution in [2.24, 2.45) is 5.10 Å². The zero-order valence-electron chi connectivity index (χ0n) is 14.2. The van der Waals surface area contributed by atoms with E-state index in [1.807, 2.05) is 0 Å². The summed E-state index contributed by atoms with van der Waals surface area (Å²) in [4.78, 5) is 26.4. The van der Waals surface area contributed by atoms with Gasteiger partial charge in [-0.3, -0.25) is 14.9 Å². The standard InChI is InChI=1S/C18H13FN4O4S/c19-13-4-2-12(3-5-13)18-21-14(10-28-18)8-17(25)22-20-9-11-1-6-16(24)15(7-11)23(26)27/h1-7,9-10,24H,8H2,(H,22,25)/b20-9+. The third kappa shape index (κ3) is 4.74. The summed E-state index contributed by atoms with van der Waals surface area (Å²) in [5.41, 5.74) is 3.50. The number of nitro groups is 1. The van der Waals surface area contributed by atoms with Gasteiger partial charge in [0.25, 0.3) is 0 Å². The molecule has 3 rings (SSSR count). The van der Waals surface area contributed by atoms with E-state index in [0.29, 0.717) is 16.3 Å². The molecule has 0 spiro atoms. The van der Waals surface area contributed by atoms with E-state index in [-0.39, 0.29) is 12.2 Å². The fraction of sp³-hybridized carbons (Fsp3) is 0.0556. The lowest BCUT2D eigenvalue weighted by Gasteiger charge is -1.99. The van der Waals surface area contributed by atoms with Gasteiger partial charge in [0.15, 0.2) is 5.75 Å². The number of carbonyl (C=O) groups is 1. The molecular weight excluding hydrogens is 387 g/mol. The van der Waals surface area contributed by atoms with E-state index in [4.69, 9.17) is 0 Å². The molecule has 28 heavy (non-hydrogen) atoms.